The van der Waals surface area contributed by atoms with Crippen molar-refractivity contribution in [2.45, 2.75) is 39.5 Å². The third-order valence-corrected chi connectivity index (χ3v) is 3.86. The molecule has 1 nitrogen and oxygen atoms in total. The van der Waals surface area contributed by atoms with Gasteiger partial charge in [0.15, 0.2) is 0 Å². The summed E-state index contributed by atoms with van der Waals surface area (Å²) in [5.41, 5.74) is 6.00. The zero-order valence-corrected chi connectivity index (χ0v) is 11.0. The second-order valence-electron chi connectivity index (χ2n) is 5.39. The summed E-state index contributed by atoms with van der Waals surface area (Å²) in [6.07, 6.45) is 2.64. The van der Waals surface area contributed by atoms with E-state index in [4.69, 9.17) is 0 Å². The normalized spacial score (nSPS) is 19.0. The second-order valence-corrected chi connectivity index (χ2v) is 5.39. The first-order valence-electron chi connectivity index (χ1n) is 6.34. The molecule has 0 aromatic heterocycles. The van der Waals surface area contributed by atoms with Gasteiger partial charge in [0.05, 0.1) is 0 Å². The fraction of sp³-hybridized carbons (Fsp3) is 0.600. The fourth-order valence-corrected chi connectivity index (χ4v) is 3.13. The highest BCUT2D eigenvalue weighted by atomic mass is 15.1. The molecule has 16 heavy (non-hydrogen) atoms. The van der Waals surface area contributed by atoms with Gasteiger partial charge in [0.25, 0.3) is 0 Å². The van der Waals surface area contributed by atoms with Crippen LogP contribution in [0.5, 0.6) is 0 Å². The second kappa shape index (κ2) is 4.58. The standard InChI is InChI=1S/C15H23N/c1-11-9-12(2)15(13(3)10-11)14-5-7-16(4)8-6-14/h9-10,14H,5-8H2,1-4H3. The van der Waals surface area contributed by atoms with Gasteiger partial charge in [-0.2, -0.15) is 0 Å². The number of likely N-dealkylation sites (tertiary alicyclic amines) is 1. The Balaban J connectivity index is 2.26. The average molecular weight is 217 g/mol. The number of benzene rings is 1. The molecular weight excluding hydrogens is 194 g/mol. The highest BCUT2D eigenvalue weighted by molar-refractivity contribution is 5.40. The van der Waals surface area contributed by atoms with Crippen LogP contribution in [0.4, 0.5) is 0 Å². The predicted octanol–water partition coefficient (Wildman–Crippen LogP) is 3.42. The van der Waals surface area contributed by atoms with Gasteiger partial charge in [0, 0.05) is 0 Å². The molecule has 88 valence electrons. The molecule has 1 fully saturated rings. The summed E-state index contributed by atoms with van der Waals surface area (Å²) in [5, 5.41) is 0. The van der Waals surface area contributed by atoms with Crippen LogP contribution in [0, 0.1) is 20.8 Å². The topological polar surface area (TPSA) is 3.24 Å². The smallest absolute Gasteiger partial charge is 0.00159 e. The van der Waals surface area contributed by atoms with Gasteiger partial charge >= 0.3 is 0 Å². The van der Waals surface area contributed by atoms with Crippen molar-refractivity contribution in [1.29, 1.82) is 0 Å². The van der Waals surface area contributed by atoms with Crippen LogP contribution in [0.2, 0.25) is 0 Å². The summed E-state index contributed by atoms with van der Waals surface area (Å²) < 4.78 is 0. The Labute approximate surface area is 99.5 Å². The number of piperidine rings is 1. The first kappa shape index (κ1) is 11.7. The number of hydrogen-bond donors (Lipinski definition) is 0. The Morgan fingerprint density at radius 3 is 2.00 bits per heavy atom. The van der Waals surface area contributed by atoms with Crippen molar-refractivity contribution in [3.8, 4) is 0 Å². The molecular formula is C15H23N. The van der Waals surface area contributed by atoms with Gasteiger partial charge in [-0.25, -0.2) is 0 Å². The molecule has 1 heterocycles. The zero-order chi connectivity index (χ0) is 11.7. The first-order chi connectivity index (χ1) is 7.58. The van der Waals surface area contributed by atoms with E-state index < -0.39 is 0 Å². The first-order valence-corrected chi connectivity index (χ1v) is 6.34. The molecule has 0 unspecified atom stereocenters. The predicted molar refractivity (Wildman–Crippen MR) is 70.1 cm³/mol. The summed E-state index contributed by atoms with van der Waals surface area (Å²) >= 11 is 0. The van der Waals surface area contributed by atoms with Gasteiger partial charge in [0.1, 0.15) is 0 Å². The molecule has 0 atom stereocenters. The molecule has 0 spiro atoms. The van der Waals surface area contributed by atoms with Crippen molar-refractivity contribution in [2.24, 2.45) is 0 Å². The van der Waals surface area contributed by atoms with E-state index in [0.29, 0.717) is 0 Å². The van der Waals surface area contributed by atoms with Crippen molar-refractivity contribution < 1.29 is 0 Å². The summed E-state index contributed by atoms with van der Waals surface area (Å²) in [7, 11) is 2.23. The van der Waals surface area contributed by atoms with Crippen LogP contribution in [-0.2, 0) is 0 Å². The quantitative estimate of drug-likeness (QED) is 0.696. The van der Waals surface area contributed by atoms with Gasteiger partial charge < -0.3 is 4.90 Å². The highest BCUT2D eigenvalue weighted by Gasteiger charge is 2.21. The van der Waals surface area contributed by atoms with E-state index in [0.717, 1.165) is 5.92 Å². The van der Waals surface area contributed by atoms with E-state index >= 15 is 0 Å². The number of hydrogen-bond acceptors (Lipinski definition) is 1. The number of aryl methyl sites for hydroxylation is 3. The lowest BCUT2D eigenvalue weighted by Gasteiger charge is -2.31. The fourth-order valence-electron chi connectivity index (χ4n) is 3.13. The number of rotatable bonds is 1. The maximum Gasteiger partial charge on any atom is -0.00159 e. The van der Waals surface area contributed by atoms with Crippen LogP contribution in [0.25, 0.3) is 0 Å². The van der Waals surface area contributed by atoms with Crippen molar-refractivity contribution >= 4 is 0 Å². The Bertz CT molecular complexity index is 350. The molecule has 1 saturated heterocycles. The molecule has 1 aromatic carbocycles. The summed E-state index contributed by atoms with van der Waals surface area (Å²) in [6.45, 7) is 9.23. The molecule has 0 amide bonds. The van der Waals surface area contributed by atoms with Crippen molar-refractivity contribution in [3.63, 3.8) is 0 Å². The minimum Gasteiger partial charge on any atom is -0.306 e. The lowest BCUT2D eigenvalue weighted by Crippen LogP contribution is -2.29. The van der Waals surface area contributed by atoms with Crippen LogP contribution in [0.3, 0.4) is 0 Å². The molecule has 1 aromatic rings. The van der Waals surface area contributed by atoms with E-state index in [9.17, 15) is 0 Å². The van der Waals surface area contributed by atoms with Gasteiger partial charge in [-0.3, -0.25) is 0 Å². The van der Waals surface area contributed by atoms with Crippen LogP contribution in [-0.4, -0.2) is 25.0 Å². The highest BCUT2D eigenvalue weighted by Crippen LogP contribution is 2.32. The van der Waals surface area contributed by atoms with Crippen LogP contribution in [0.15, 0.2) is 12.1 Å². The van der Waals surface area contributed by atoms with Gasteiger partial charge in [0.2, 0.25) is 0 Å². The van der Waals surface area contributed by atoms with Crippen LogP contribution < -0.4 is 0 Å². The van der Waals surface area contributed by atoms with Crippen LogP contribution in [0.1, 0.15) is 41.0 Å². The molecule has 0 aliphatic carbocycles. The van der Waals surface area contributed by atoms with Gasteiger partial charge in [-0.15, -0.1) is 0 Å². The van der Waals surface area contributed by atoms with Gasteiger partial charge in [-0.05, 0) is 76.4 Å². The van der Waals surface area contributed by atoms with Gasteiger partial charge in [-0.1, -0.05) is 17.7 Å². The van der Waals surface area contributed by atoms with Crippen molar-refractivity contribution in [2.75, 3.05) is 20.1 Å². The molecule has 1 heteroatoms. The van der Waals surface area contributed by atoms with Crippen molar-refractivity contribution in [1.82, 2.24) is 4.90 Å². The molecule has 2 rings (SSSR count). The lowest BCUT2D eigenvalue weighted by atomic mass is 9.83. The molecule has 1 aliphatic rings. The van der Waals surface area contributed by atoms with E-state index in [1.165, 1.54) is 42.6 Å². The Morgan fingerprint density at radius 1 is 1.00 bits per heavy atom. The SMILES string of the molecule is Cc1cc(C)c(C2CCN(C)CC2)c(C)c1. The maximum absolute atomic E-state index is 2.44. The third kappa shape index (κ3) is 2.30. The molecule has 1 aliphatic heterocycles. The molecule has 0 N–H and O–H groups in total. The lowest BCUT2D eigenvalue weighted by molar-refractivity contribution is 0.254. The summed E-state index contributed by atoms with van der Waals surface area (Å²) in [4.78, 5) is 2.44. The molecule has 0 saturated carbocycles. The third-order valence-electron chi connectivity index (χ3n) is 3.86. The van der Waals surface area contributed by atoms with Crippen molar-refractivity contribution in [3.05, 3.63) is 34.4 Å². The average Bonchev–Trinajstić information content (AvgIpc) is 2.19. The zero-order valence-electron chi connectivity index (χ0n) is 11.0. The van der Waals surface area contributed by atoms with E-state index in [1.807, 2.05) is 0 Å². The van der Waals surface area contributed by atoms with E-state index in [2.05, 4.69) is 44.9 Å². The number of nitrogens with zero attached hydrogens (tertiary/aromatic N) is 1. The minimum atomic E-state index is 0.789. The molecule has 0 bridgehead atoms. The Hall–Kier alpha value is -0.820. The maximum atomic E-state index is 2.44. The molecule has 0 radical (unpaired) electrons. The monoisotopic (exact) mass is 217 g/mol. The largest absolute Gasteiger partial charge is 0.306 e. The minimum absolute atomic E-state index is 0.789. The summed E-state index contributed by atoms with van der Waals surface area (Å²) in [5.74, 6) is 0.789. The Morgan fingerprint density at radius 2 is 1.50 bits per heavy atom. The Kier molecular flexibility index (Phi) is 3.34. The van der Waals surface area contributed by atoms with E-state index in [-0.39, 0.29) is 0 Å². The van der Waals surface area contributed by atoms with Crippen LogP contribution >= 0.6 is 0 Å². The summed E-state index contributed by atoms with van der Waals surface area (Å²) in [6, 6.07) is 4.67. The van der Waals surface area contributed by atoms with E-state index in [1.54, 1.807) is 5.56 Å².